The molecule has 128 valence electrons. The Morgan fingerprint density at radius 1 is 0.840 bits per heavy atom. The van der Waals surface area contributed by atoms with Crippen molar-refractivity contribution in [3.8, 4) is 17.1 Å². The first kappa shape index (κ1) is 17.0. The van der Waals surface area contributed by atoms with Crippen LogP contribution in [-0.4, -0.2) is 16.6 Å². The Labute approximate surface area is 145 Å². The Kier molecular flexibility index (Phi) is 5.33. The van der Waals surface area contributed by atoms with Crippen LogP contribution < -0.4 is 4.74 Å². The second-order valence-corrected chi connectivity index (χ2v) is 5.80. The molecule has 0 bridgehead atoms. The molecule has 0 saturated carbocycles. The minimum absolute atomic E-state index is 0.182. The van der Waals surface area contributed by atoms with Crippen molar-refractivity contribution in [3.63, 3.8) is 0 Å². The number of hydrogen-bond acceptors (Lipinski definition) is 3. The fourth-order valence-electron chi connectivity index (χ4n) is 2.49. The maximum Gasteiger partial charge on any atom is 0.387 e. The highest BCUT2D eigenvalue weighted by atomic mass is 19.3. The largest absolute Gasteiger partial charge is 0.435 e. The molecular formula is C20H18F2N2O. The van der Waals surface area contributed by atoms with Crippen LogP contribution in [0.2, 0.25) is 0 Å². The van der Waals surface area contributed by atoms with E-state index in [0.29, 0.717) is 5.82 Å². The van der Waals surface area contributed by atoms with E-state index in [2.05, 4.69) is 26.8 Å². The molecule has 2 aromatic carbocycles. The number of benzene rings is 2. The number of ether oxygens (including phenoxy) is 1. The molecule has 3 aromatic rings. The minimum atomic E-state index is -2.79. The highest BCUT2D eigenvalue weighted by molar-refractivity contribution is 5.55. The zero-order chi connectivity index (χ0) is 17.6. The van der Waals surface area contributed by atoms with Gasteiger partial charge in [-0.1, -0.05) is 36.4 Å². The molecule has 0 amide bonds. The van der Waals surface area contributed by atoms with Crippen LogP contribution in [0, 0.1) is 6.92 Å². The summed E-state index contributed by atoms with van der Waals surface area (Å²) in [5, 5.41) is 0. The van der Waals surface area contributed by atoms with E-state index in [1.165, 1.54) is 5.56 Å². The van der Waals surface area contributed by atoms with Gasteiger partial charge in [0.05, 0.1) is 0 Å². The van der Waals surface area contributed by atoms with Gasteiger partial charge in [-0.05, 0) is 48.6 Å². The third kappa shape index (κ3) is 4.83. The monoisotopic (exact) mass is 340 g/mol. The number of rotatable bonds is 6. The van der Waals surface area contributed by atoms with E-state index >= 15 is 0 Å². The lowest BCUT2D eigenvalue weighted by Gasteiger charge is -2.07. The molecule has 0 spiro atoms. The van der Waals surface area contributed by atoms with Crippen molar-refractivity contribution < 1.29 is 13.5 Å². The van der Waals surface area contributed by atoms with Crippen LogP contribution in [0.25, 0.3) is 11.4 Å². The van der Waals surface area contributed by atoms with Gasteiger partial charge >= 0.3 is 6.61 Å². The molecule has 0 atom stereocenters. The van der Waals surface area contributed by atoms with Crippen molar-refractivity contribution >= 4 is 0 Å². The van der Waals surface area contributed by atoms with Crippen molar-refractivity contribution in [3.05, 3.63) is 77.6 Å². The second kappa shape index (κ2) is 7.83. The SMILES string of the molecule is Cc1cnc(-c2ccc(CCc3ccc(OC(F)F)cc3)cc2)nc1. The van der Waals surface area contributed by atoms with Crippen LogP contribution >= 0.6 is 0 Å². The van der Waals surface area contributed by atoms with Crippen molar-refractivity contribution in [1.29, 1.82) is 0 Å². The molecule has 3 rings (SSSR count). The molecule has 0 N–H and O–H groups in total. The van der Waals surface area contributed by atoms with E-state index in [1.54, 1.807) is 24.5 Å². The number of aryl methyl sites for hydroxylation is 3. The van der Waals surface area contributed by atoms with Gasteiger partial charge < -0.3 is 4.74 Å². The second-order valence-electron chi connectivity index (χ2n) is 5.80. The number of alkyl halides is 2. The van der Waals surface area contributed by atoms with E-state index in [1.807, 2.05) is 31.2 Å². The Morgan fingerprint density at radius 2 is 1.36 bits per heavy atom. The molecule has 0 radical (unpaired) electrons. The van der Waals surface area contributed by atoms with Gasteiger partial charge in [0.1, 0.15) is 5.75 Å². The van der Waals surface area contributed by atoms with E-state index in [9.17, 15) is 8.78 Å². The lowest BCUT2D eigenvalue weighted by molar-refractivity contribution is -0.0498. The summed E-state index contributed by atoms with van der Waals surface area (Å²) in [7, 11) is 0. The third-order valence-electron chi connectivity index (χ3n) is 3.84. The summed E-state index contributed by atoms with van der Waals surface area (Å²) in [5.41, 5.74) is 4.29. The van der Waals surface area contributed by atoms with E-state index in [4.69, 9.17) is 0 Å². The predicted molar refractivity (Wildman–Crippen MR) is 92.7 cm³/mol. The van der Waals surface area contributed by atoms with Gasteiger partial charge in [-0.15, -0.1) is 0 Å². The van der Waals surface area contributed by atoms with Gasteiger partial charge in [-0.3, -0.25) is 0 Å². The van der Waals surface area contributed by atoms with Crippen LogP contribution in [0.5, 0.6) is 5.75 Å². The zero-order valence-corrected chi connectivity index (χ0v) is 13.8. The lowest BCUT2D eigenvalue weighted by Crippen LogP contribution is -2.01. The maximum absolute atomic E-state index is 12.1. The molecule has 1 aromatic heterocycles. The lowest BCUT2D eigenvalue weighted by atomic mass is 10.0. The van der Waals surface area contributed by atoms with Crippen LogP contribution in [-0.2, 0) is 12.8 Å². The Balaban J connectivity index is 1.59. The molecule has 0 saturated heterocycles. The molecule has 0 aliphatic heterocycles. The first-order chi connectivity index (χ1) is 12.1. The Morgan fingerprint density at radius 3 is 1.88 bits per heavy atom. The highest BCUT2D eigenvalue weighted by Gasteiger charge is 2.04. The molecule has 5 heteroatoms. The molecule has 0 fully saturated rings. The van der Waals surface area contributed by atoms with Crippen molar-refractivity contribution in [1.82, 2.24) is 9.97 Å². The summed E-state index contributed by atoms with van der Waals surface area (Å²) >= 11 is 0. The third-order valence-corrected chi connectivity index (χ3v) is 3.84. The zero-order valence-electron chi connectivity index (χ0n) is 13.8. The molecule has 0 aliphatic rings. The normalized spacial score (nSPS) is 10.9. The first-order valence-electron chi connectivity index (χ1n) is 8.02. The molecule has 0 aliphatic carbocycles. The minimum Gasteiger partial charge on any atom is -0.435 e. The van der Waals surface area contributed by atoms with Gasteiger partial charge in [0.25, 0.3) is 0 Å². The van der Waals surface area contributed by atoms with Crippen LogP contribution in [0.1, 0.15) is 16.7 Å². The molecule has 0 unspecified atom stereocenters. The molecular weight excluding hydrogens is 322 g/mol. The van der Waals surface area contributed by atoms with Crippen LogP contribution in [0.4, 0.5) is 8.78 Å². The van der Waals surface area contributed by atoms with E-state index < -0.39 is 6.61 Å². The van der Waals surface area contributed by atoms with Crippen molar-refractivity contribution in [2.45, 2.75) is 26.4 Å². The van der Waals surface area contributed by atoms with Crippen LogP contribution in [0.15, 0.2) is 60.9 Å². The quantitative estimate of drug-likeness (QED) is 0.644. The Hall–Kier alpha value is -2.82. The summed E-state index contributed by atoms with van der Waals surface area (Å²) in [4.78, 5) is 8.65. The molecule has 3 nitrogen and oxygen atoms in total. The van der Waals surface area contributed by atoms with Crippen molar-refractivity contribution in [2.24, 2.45) is 0 Å². The van der Waals surface area contributed by atoms with E-state index in [-0.39, 0.29) is 5.75 Å². The fraction of sp³-hybridized carbons (Fsp3) is 0.200. The fourth-order valence-corrected chi connectivity index (χ4v) is 2.49. The van der Waals surface area contributed by atoms with Gasteiger partial charge in [-0.25, -0.2) is 9.97 Å². The number of halogens is 2. The van der Waals surface area contributed by atoms with Gasteiger partial charge in [0, 0.05) is 18.0 Å². The summed E-state index contributed by atoms with van der Waals surface area (Å²) in [5.74, 6) is 0.896. The predicted octanol–water partition coefficient (Wildman–Crippen LogP) is 4.84. The van der Waals surface area contributed by atoms with E-state index in [0.717, 1.165) is 29.5 Å². The number of hydrogen-bond donors (Lipinski definition) is 0. The van der Waals surface area contributed by atoms with Crippen molar-refractivity contribution in [2.75, 3.05) is 0 Å². The van der Waals surface area contributed by atoms with Gasteiger partial charge in [-0.2, -0.15) is 8.78 Å². The summed E-state index contributed by atoms with van der Waals surface area (Å²) in [6.07, 6.45) is 5.30. The number of nitrogens with zero attached hydrogens (tertiary/aromatic N) is 2. The molecule has 1 heterocycles. The average Bonchev–Trinajstić information content (AvgIpc) is 2.62. The topological polar surface area (TPSA) is 35.0 Å². The smallest absolute Gasteiger partial charge is 0.387 e. The summed E-state index contributed by atoms with van der Waals surface area (Å²) in [6, 6.07) is 14.9. The highest BCUT2D eigenvalue weighted by Crippen LogP contribution is 2.18. The number of aromatic nitrogens is 2. The summed E-state index contributed by atoms with van der Waals surface area (Å²) < 4.78 is 28.6. The summed E-state index contributed by atoms with van der Waals surface area (Å²) in [6.45, 7) is -0.833. The van der Waals surface area contributed by atoms with Gasteiger partial charge in [0.2, 0.25) is 0 Å². The van der Waals surface area contributed by atoms with Crippen LogP contribution in [0.3, 0.4) is 0 Å². The Bertz CT molecular complexity index is 801. The maximum atomic E-state index is 12.1. The average molecular weight is 340 g/mol. The van der Waals surface area contributed by atoms with Gasteiger partial charge in [0.15, 0.2) is 5.82 Å². The molecule has 25 heavy (non-hydrogen) atoms. The first-order valence-corrected chi connectivity index (χ1v) is 8.02. The standard InChI is InChI=1S/C20H18F2N2O/c1-14-12-23-19(24-13-14)17-8-4-15(5-9-17)2-3-16-6-10-18(11-7-16)25-20(21)22/h4-13,20H,2-3H2,1H3.